The third-order valence-corrected chi connectivity index (χ3v) is 18.0. The summed E-state index contributed by atoms with van der Waals surface area (Å²) in [6.07, 6.45) is -1.97. The molecule has 0 saturated carbocycles. The zero-order valence-corrected chi connectivity index (χ0v) is 39.3. The van der Waals surface area contributed by atoms with Gasteiger partial charge in [-0.25, -0.2) is 24.5 Å². The number of rotatable bonds is 17. The van der Waals surface area contributed by atoms with E-state index in [2.05, 4.69) is 40.5 Å². The van der Waals surface area contributed by atoms with Crippen LogP contribution in [0.1, 0.15) is 70.3 Å². The van der Waals surface area contributed by atoms with Crippen LogP contribution in [0.4, 0.5) is 11.8 Å². The monoisotopic (exact) mass is 949 g/mol. The predicted molar refractivity (Wildman–Crippen MR) is 236 cm³/mol. The van der Waals surface area contributed by atoms with Crippen LogP contribution in [-0.2, 0) is 41.6 Å². The standard InChI is InChI=1S/C41H52N11O12PSi/c1-23(2)34(54)49-39-48-33-28(36(56)50-39)46-22-52(33)38-30(29(26(17-53)61-38)64-66(6,7)40(3,4)5)63-65(57,59-15-11-14-42)60-19-41-16-25(58-18-41)37(62-41)51-21-45-27-31(43-20-44-32(27)51)47-35(55)24-12-9-8-10-13-24/h8-10,12-13,20-23,25-26,29-30,37-38,53H,11,15-19H2,1-7H3,(H,43,44,47,55)(H2,48,49,50,54,56)/t25-,26-,29-,30-,37-,38-,41-,65?/m1/s1. The van der Waals surface area contributed by atoms with Crippen molar-refractivity contribution in [3.05, 3.63) is 65.2 Å². The molecule has 3 saturated heterocycles. The van der Waals surface area contributed by atoms with Gasteiger partial charge in [-0.3, -0.25) is 47.4 Å². The second-order valence-corrected chi connectivity index (χ2v) is 24.5. The summed E-state index contributed by atoms with van der Waals surface area (Å²) in [6.45, 7) is 12.2. The van der Waals surface area contributed by atoms with Gasteiger partial charge < -0.3 is 29.1 Å². The zero-order chi connectivity index (χ0) is 47.2. The van der Waals surface area contributed by atoms with Crippen molar-refractivity contribution >= 4 is 62.0 Å². The van der Waals surface area contributed by atoms with Crippen LogP contribution in [0.5, 0.6) is 0 Å². The summed E-state index contributed by atoms with van der Waals surface area (Å²) in [5, 5.41) is 25.2. The molecule has 4 N–H and O–H groups in total. The minimum atomic E-state index is -4.75. The lowest BCUT2D eigenvalue weighted by molar-refractivity contribution is -0.182. The molecular formula is C41H52N11O12PSi. The van der Waals surface area contributed by atoms with Crippen molar-refractivity contribution in [1.29, 1.82) is 5.26 Å². The number of imidazole rings is 2. The van der Waals surface area contributed by atoms with Crippen LogP contribution >= 0.6 is 7.82 Å². The summed E-state index contributed by atoms with van der Waals surface area (Å²) >= 11 is 0. The van der Waals surface area contributed by atoms with Crippen molar-refractivity contribution < 1.29 is 51.5 Å². The highest BCUT2D eigenvalue weighted by atomic mass is 31.2. The number of carbonyl (C=O) groups is 2. The maximum atomic E-state index is 15.1. The molecule has 23 nitrogen and oxygen atoms in total. The second-order valence-electron chi connectivity index (χ2n) is 18.1. The maximum absolute atomic E-state index is 15.1. The average Bonchev–Trinajstić information content (AvgIpc) is 4.12. The normalized spacial score (nSPS) is 25.1. The molecule has 25 heteroatoms. The number of anilines is 2. The van der Waals surface area contributed by atoms with Gasteiger partial charge in [0, 0.05) is 17.9 Å². The quantitative estimate of drug-likeness (QED) is 0.0563. The molecule has 2 amide bonds. The Kier molecular flexibility index (Phi) is 13.2. The highest BCUT2D eigenvalue weighted by molar-refractivity contribution is 7.48. The minimum absolute atomic E-state index is 0.0244. The number of aliphatic hydroxyl groups is 1. The number of fused-ring (bicyclic) bond motifs is 4. The van der Waals surface area contributed by atoms with E-state index in [0.29, 0.717) is 16.7 Å². The molecule has 1 unspecified atom stereocenters. The summed E-state index contributed by atoms with van der Waals surface area (Å²) in [5.74, 6) is -1.17. The first-order valence-corrected chi connectivity index (χ1v) is 25.7. The number of aromatic amines is 1. The average molecular weight is 950 g/mol. The molecule has 7 heterocycles. The number of benzene rings is 1. The van der Waals surface area contributed by atoms with E-state index in [1.807, 2.05) is 39.9 Å². The number of carbonyl (C=O) groups excluding carboxylic acids is 2. The number of phosphoric ester groups is 1. The SMILES string of the molecule is CC(C)C(=O)Nc1nc2c(ncn2[C@@H]2O[C@H](CO)[C@@H](O[Si](C)(C)C(C)(C)C)[C@H]2OP(=O)(OCCC#N)OC[C@]23CO[C@H](C2)[C@H](n2cnc4c(NC(=O)c5ccccc5)ncnc42)O3)c(=O)[nH]1. The Hall–Kier alpha value is -5.32. The van der Waals surface area contributed by atoms with E-state index in [1.54, 1.807) is 48.7 Å². The lowest BCUT2D eigenvalue weighted by Gasteiger charge is -2.40. The Morgan fingerprint density at radius 2 is 1.77 bits per heavy atom. The Bertz CT molecular complexity index is 2760. The molecule has 0 radical (unpaired) electrons. The lowest BCUT2D eigenvalue weighted by Crippen LogP contribution is -2.50. The highest BCUT2D eigenvalue weighted by Crippen LogP contribution is 2.57. The van der Waals surface area contributed by atoms with Crippen LogP contribution in [0.3, 0.4) is 0 Å². The fourth-order valence-electron chi connectivity index (χ4n) is 7.54. The van der Waals surface area contributed by atoms with E-state index < -0.39 is 82.6 Å². The van der Waals surface area contributed by atoms with E-state index in [-0.39, 0.29) is 66.5 Å². The van der Waals surface area contributed by atoms with Gasteiger partial charge in [-0.05, 0) is 30.3 Å². The van der Waals surface area contributed by atoms with Gasteiger partial charge >= 0.3 is 7.82 Å². The van der Waals surface area contributed by atoms with Crippen LogP contribution in [-0.4, -0.2) is 121 Å². The number of nitriles is 1. The number of nitrogens with one attached hydrogen (secondary N) is 3. The first kappa shape index (κ1) is 47.2. The number of nitrogens with zero attached hydrogens (tertiary/aromatic N) is 8. The van der Waals surface area contributed by atoms with Crippen LogP contribution in [0, 0.1) is 17.2 Å². The number of H-pyrrole nitrogens is 1. The van der Waals surface area contributed by atoms with Crippen LogP contribution in [0.2, 0.25) is 18.1 Å². The number of amides is 2. The van der Waals surface area contributed by atoms with Gasteiger partial charge in [0.25, 0.3) is 11.5 Å². The number of phosphoric acid groups is 1. The third-order valence-electron chi connectivity index (χ3n) is 12.1. The maximum Gasteiger partial charge on any atom is 0.475 e. The second kappa shape index (κ2) is 18.4. The third kappa shape index (κ3) is 9.33. The van der Waals surface area contributed by atoms with Crippen molar-refractivity contribution in [1.82, 2.24) is 39.0 Å². The molecule has 0 aliphatic carbocycles. The largest absolute Gasteiger partial charge is 0.475 e. The number of ether oxygens (including phenoxy) is 3. The molecule has 1 aromatic carbocycles. The molecule has 2 bridgehead atoms. The number of aliphatic hydroxyl groups excluding tert-OH is 1. The van der Waals surface area contributed by atoms with Crippen molar-refractivity contribution in [3.63, 3.8) is 0 Å². The Morgan fingerprint density at radius 1 is 1.05 bits per heavy atom. The molecule has 3 fully saturated rings. The first-order chi connectivity index (χ1) is 31.3. The molecule has 8 atom stereocenters. The molecule has 5 aromatic rings. The van der Waals surface area contributed by atoms with E-state index in [4.69, 9.17) is 32.2 Å². The first-order valence-electron chi connectivity index (χ1n) is 21.3. The topological polar surface area (TPSA) is 291 Å². The van der Waals surface area contributed by atoms with Gasteiger partial charge in [-0.2, -0.15) is 10.2 Å². The van der Waals surface area contributed by atoms with Gasteiger partial charge in [0.2, 0.25) is 11.9 Å². The van der Waals surface area contributed by atoms with Gasteiger partial charge in [0.15, 0.2) is 48.9 Å². The summed E-state index contributed by atoms with van der Waals surface area (Å²) < 4.78 is 62.7. The van der Waals surface area contributed by atoms with Gasteiger partial charge in [0.05, 0.1) is 51.6 Å². The number of hydrogen-bond acceptors (Lipinski definition) is 18. The Balaban J connectivity index is 1.09. The lowest BCUT2D eigenvalue weighted by atomic mass is 10.0. The minimum Gasteiger partial charge on any atom is -0.408 e. The van der Waals surface area contributed by atoms with Gasteiger partial charge in [-0.15, -0.1) is 0 Å². The van der Waals surface area contributed by atoms with Crippen molar-refractivity contribution in [2.75, 3.05) is 37.1 Å². The summed E-state index contributed by atoms with van der Waals surface area (Å²) in [6, 6.07) is 10.6. The molecule has 0 spiro atoms. The van der Waals surface area contributed by atoms with Crippen molar-refractivity contribution in [3.8, 4) is 6.07 Å². The molecular weight excluding hydrogens is 898 g/mol. The van der Waals surface area contributed by atoms with Crippen molar-refractivity contribution in [2.24, 2.45) is 5.92 Å². The van der Waals surface area contributed by atoms with Crippen LogP contribution in [0.15, 0.2) is 54.1 Å². The molecule has 3 aliphatic heterocycles. The molecule has 8 rings (SSSR count). The van der Waals surface area contributed by atoms with Crippen molar-refractivity contribution in [2.45, 2.75) is 108 Å². The summed E-state index contributed by atoms with van der Waals surface area (Å²) in [5.41, 5.74) is -0.867. The highest BCUT2D eigenvalue weighted by Gasteiger charge is 2.58. The molecule has 66 heavy (non-hydrogen) atoms. The van der Waals surface area contributed by atoms with E-state index >= 15 is 4.57 Å². The van der Waals surface area contributed by atoms with Gasteiger partial charge in [0.1, 0.15) is 36.3 Å². The fraction of sp³-hybridized carbons (Fsp3) is 0.537. The number of aromatic nitrogens is 8. The van der Waals surface area contributed by atoms with E-state index in [0.717, 1.165) is 0 Å². The summed E-state index contributed by atoms with van der Waals surface area (Å²) in [4.78, 5) is 63.3. The Morgan fingerprint density at radius 3 is 2.47 bits per heavy atom. The van der Waals surface area contributed by atoms with E-state index in [1.165, 1.54) is 23.5 Å². The van der Waals surface area contributed by atoms with Gasteiger partial charge in [-0.1, -0.05) is 52.8 Å². The summed E-state index contributed by atoms with van der Waals surface area (Å²) in [7, 11) is -7.48. The zero-order valence-electron chi connectivity index (χ0n) is 37.4. The molecule has 4 aromatic heterocycles. The fourth-order valence-corrected chi connectivity index (χ4v) is 10.3. The molecule has 352 valence electrons. The smallest absolute Gasteiger partial charge is 0.408 e. The predicted octanol–water partition coefficient (Wildman–Crippen LogP) is 4.58. The van der Waals surface area contributed by atoms with Crippen LogP contribution < -0.4 is 16.2 Å². The van der Waals surface area contributed by atoms with E-state index in [9.17, 15) is 24.8 Å². The molecule has 3 aliphatic rings. The Labute approximate surface area is 379 Å². The number of hydrogen-bond donors (Lipinski definition) is 4. The van der Waals surface area contributed by atoms with Crippen LogP contribution in [0.25, 0.3) is 22.3 Å².